The molecule has 7 heteroatoms. The molecular formula is C25H23Cl2N3O2. The second-order valence-electron chi connectivity index (χ2n) is 7.55. The van der Waals surface area contributed by atoms with Gasteiger partial charge in [0, 0.05) is 46.8 Å². The number of amides is 1. The van der Waals surface area contributed by atoms with Crippen LogP contribution in [0.15, 0.2) is 54.1 Å². The number of rotatable bonds is 6. The van der Waals surface area contributed by atoms with Crippen molar-refractivity contribution in [2.24, 2.45) is 0 Å². The number of hydrogen-bond donors (Lipinski definition) is 0. The Labute approximate surface area is 198 Å². The smallest absolute Gasteiger partial charge is 0.264 e. The van der Waals surface area contributed by atoms with Gasteiger partial charge in [-0.2, -0.15) is 5.26 Å². The molecule has 0 atom stereocenters. The summed E-state index contributed by atoms with van der Waals surface area (Å²) in [5.74, 6) is 0.394. The lowest BCUT2D eigenvalue weighted by molar-refractivity contribution is -0.124. The average Bonchev–Trinajstić information content (AvgIpc) is 3.04. The molecule has 0 unspecified atom stereocenters. The Morgan fingerprint density at radius 2 is 1.81 bits per heavy atom. The number of nitrogens with zero attached hydrogens (tertiary/aromatic N) is 3. The summed E-state index contributed by atoms with van der Waals surface area (Å²) in [4.78, 5) is 13.6. The summed E-state index contributed by atoms with van der Waals surface area (Å²) >= 11 is 12.1. The maximum absolute atomic E-state index is 12.2. The van der Waals surface area contributed by atoms with E-state index in [1.54, 1.807) is 32.3 Å². The molecule has 2 aromatic carbocycles. The van der Waals surface area contributed by atoms with Crippen molar-refractivity contribution in [3.8, 4) is 17.5 Å². The summed E-state index contributed by atoms with van der Waals surface area (Å²) in [6.45, 7) is 4.28. The minimum absolute atomic E-state index is 0.0971. The third-order valence-corrected chi connectivity index (χ3v) is 5.62. The summed E-state index contributed by atoms with van der Waals surface area (Å²) in [5.41, 5.74) is 4.66. The van der Waals surface area contributed by atoms with E-state index in [2.05, 4.69) is 4.57 Å². The number of aryl methyl sites for hydroxylation is 1. The van der Waals surface area contributed by atoms with Crippen molar-refractivity contribution < 1.29 is 9.53 Å². The highest BCUT2D eigenvalue weighted by Crippen LogP contribution is 2.26. The zero-order valence-corrected chi connectivity index (χ0v) is 19.8. The molecule has 164 valence electrons. The highest BCUT2D eigenvalue weighted by atomic mass is 35.5. The van der Waals surface area contributed by atoms with Gasteiger partial charge in [-0.1, -0.05) is 29.3 Å². The molecule has 32 heavy (non-hydrogen) atoms. The number of likely N-dealkylation sites (N-methyl/N-ethyl adjacent to an activating group) is 1. The predicted molar refractivity (Wildman–Crippen MR) is 128 cm³/mol. The summed E-state index contributed by atoms with van der Waals surface area (Å²) in [7, 11) is 3.25. The molecule has 0 saturated heterocycles. The minimum atomic E-state index is -0.320. The SMILES string of the molecule is Cc1cc(/C=C(/C#N)C(=O)N(C)C)c(C)n1-c1ccc(OCc2ccc(Cl)cc2Cl)cc1. The Balaban J connectivity index is 1.82. The van der Waals surface area contributed by atoms with Gasteiger partial charge in [0.1, 0.15) is 24.0 Å². The fourth-order valence-electron chi connectivity index (χ4n) is 3.36. The van der Waals surface area contributed by atoms with Crippen molar-refractivity contribution >= 4 is 35.2 Å². The Bertz CT molecular complexity index is 1220. The van der Waals surface area contributed by atoms with Crippen molar-refractivity contribution in [2.45, 2.75) is 20.5 Å². The Morgan fingerprint density at radius 3 is 2.41 bits per heavy atom. The highest BCUT2D eigenvalue weighted by molar-refractivity contribution is 6.35. The van der Waals surface area contributed by atoms with Crippen LogP contribution in [0.2, 0.25) is 10.0 Å². The fraction of sp³-hybridized carbons (Fsp3) is 0.200. The standard InChI is InChI=1S/C25H23Cl2N3O2/c1-16-11-19(12-20(14-28)25(31)29(3)4)17(2)30(16)22-7-9-23(10-8-22)32-15-18-5-6-21(26)13-24(18)27/h5-13H,15H2,1-4H3/b20-12-. The van der Waals surface area contributed by atoms with Crippen LogP contribution in [0.5, 0.6) is 5.75 Å². The van der Waals surface area contributed by atoms with Gasteiger partial charge in [-0.25, -0.2) is 0 Å². The molecule has 1 aromatic heterocycles. The second kappa shape index (κ2) is 9.95. The first-order valence-electron chi connectivity index (χ1n) is 9.91. The van der Waals surface area contributed by atoms with Gasteiger partial charge in [0.25, 0.3) is 5.91 Å². The second-order valence-corrected chi connectivity index (χ2v) is 8.39. The molecule has 1 heterocycles. The molecule has 1 amide bonds. The van der Waals surface area contributed by atoms with E-state index >= 15 is 0 Å². The van der Waals surface area contributed by atoms with E-state index < -0.39 is 0 Å². The Morgan fingerprint density at radius 1 is 1.12 bits per heavy atom. The largest absolute Gasteiger partial charge is 0.489 e. The van der Waals surface area contributed by atoms with Crippen LogP contribution >= 0.6 is 23.2 Å². The van der Waals surface area contributed by atoms with Crippen LogP contribution in [0.4, 0.5) is 0 Å². The van der Waals surface area contributed by atoms with Gasteiger partial charge in [-0.15, -0.1) is 0 Å². The van der Waals surface area contributed by atoms with E-state index in [4.69, 9.17) is 27.9 Å². The number of nitriles is 1. The van der Waals surface area contributed by atoms with Crippen LogP contribution in [0, 0.1) is 25.2 Å². The molecule has 3 aromatic rings. The van der Waals surface area contributed by atoms with E-state index in [1.807, 2.05) is 56.3 Å². The van der Waals surface area contributed by atoms with Crippen LogP contribution in [-0.4, -0.2) is 29.5 Å². The first-order valence-corrected chi connectivity index (χ1v) is 10.7. The number of benzene rings is 2. The van der Waals surface area contributed by atoms with E-state index in [0.29, 0.717) is 22.4 Å². The van der Waals surface area contributed by atoms with Crippen molar-refractivity contribution in [3.05, 3.63) is 86.7 Å². The number of carbonyl (C=O) groups excluding carboxylic acids is 1. The van der Waals surface area contributed by atoms with E-state index in [1.165, 1.54) is 4.90 Å². The third-order valence-electron chi connectivity index (χ3n) is 5.03. The van der Waals surface area contributed by atoms with Crippen LogP contribution in [0.3, 0.4) is 0 Å². The molecule has 0 spiro atoms. The molecule has 3 rings (SSSR count). The van der Waals surface area contributed by atoms with Gasteiger partial charge >= 0.3 is 0 Å². The Hall–Kier alpha value is -3.20. The fourth-order valence-corrected chi connectivity index (χ4v) is 3.82. The molecule has 0 bridgehead atoms. The number of carbonyl (C=O) groups is 1. The molecule has 0 N–H and O–H groups in total. The first kappa shape index (κ1) is 23.5. The van der Waals surface area contributed by atoms with Crippen LogP contribution in [-0.2, 0) is 11.4 Å². The maximum Gasteiger partial charge on any atom is 0.264 e. The van der Waals surface area contributed by atoms with Gasteiger partial charge in [0.2, 0.25) is 0 Å². The van der Waals surface area contributed by atoms with Crippen LogP contribution in [0.1, 0.15) is 22.5 Å². The number of hydrogen-bond acceptors (Lipinski definition) is 3. The van der Waals surface area contributed by atoms with Crippen molar-refractivity contribution in [1.82, 2.24) is 9.47 Å². The summed E-state index contributed by atoms with van der Waals surface area (Å²) < 4.78 is 7.93. The topological polar surface area (TPSA) is 58.3 Å². The molecule has 0 aliphatic heterocycles. The molecule has 0 aliphatic rings. The number of aromatic nitrogens is 1. The van der Waals surface area contributed by atoms with Gasteiger partial charge < -0.3 is 14.2 Å². The van der Waals surface area contributed by atoms with Gasteiger partial charge in [0.15, 0.2) is 0 Å². The summed E-state index contributed by atoms with van der Waals surface area (Å²) in [6, 6.07) is 17.0. The predicted octanol–water partition coefficient (Wildman–Crippen LogP) is 5.98. The summed E-state index contributed by atoms with van der Waals surface area (Å²) in [6.07, 6.45) is 1.63. The van der Waals surface area contributed by atoms with E-state index in [-0.39, 0.29) is 11.5 Å². The van der Waals surface area contributed by atoms with Gasteiger partial charge in [-0.05, 0) is 68.0 Å². The minimum Gasteiger partial charge on any atom is -0.489 e. The van der Waals surface area contributed by atoms with E-state index in [0.717, 1.165) is 28.2 Å². The molecule has 0 saturated carbocycles. The van der Waals surface area contributed by atoms with Gasteiger partial charge in [0.05, 0.1) is 0 Å². The van der Waals surface area contributed by atoms with Gasteiger partial charge in [-0.3, -0.25) is 4.79 Å². The molecule has 0 fully saturated rings. The lowest BCUT2D eigenvalue weighted by Crippen LogP contribution is -2.22. The first-order chi connectivity index (χ1) is 15.2. The lowest BCUT2D eigenvalue weighted by atomic mass is 10.1. The summed E-state index contributed by atoms with van der Waals surface area (Å²) in [5, 5.41) is 10.5. The van der Waals surface area contributed by atoms with E-state index in [9.17, 15) is 10.1 Å². The van der Waals surface area contributed by atoms with Crippen LogP contribution in [0.25, 0.3) is 11.8 Å². The molecule has 0 aliphatic carbocycles. The van der Waals surface area contributed by atoms with Crippen molar-refractivity contribution in [3.63, 3.8) is 0 Å². The maximum atomic E-state index is 12.2. The zero-order valence-electron chi connectivity index (χ0n) is 18.3. The number of halogens is 2. The Kier molecular flexibility index (Phi) is 7.29. The quantitative estimate of drug-likeness (QED) is 0.331. The average molecular weight is 468 g/mol. The van der Waals surface area contributed by atoms with Crippen molar-refractivity contribution in [2.75, 3.05) is 14.1 Å². The van der Waals surface area contributed by atoms with Crippen LogP contribution < -0.4 is 4.74 Å². The monoisotopic (exact) mass is 467 g/mol. The lowest BCUT2D eigenvalue weighted by Gasteiger charge is -2.12. The molecule has 0 radical (unpaired) electrons. The molecule has 5 nitrogen and oxygen atoms in total. The zero-order chi connectivity index (χ0) is 23.4. The van der Waals surface area contributed by atoms with Crippen molar-refractivity contribution in [1.29, 1.82) is 5.26 Å². The molecular weight excluding hydrogens is 445 g/mol. The highest BCUT2D eigenvalue weighted by Gasteiger charge is 2.15. The normalized spacial score (nSPS) is 11.2. The third kappa shape index (κ3) is 5.16. The number of ether oxygens (including phenoxy) is 1.